The zero-order valence-corrected chi connectivity index (χ0v) is 13.5. The number of aryl methyl sites for hydroxylation is 1. The van der Waals surface area contributed by atoms with Gasteiger partial charge in [-0.2, -0.15) is 0 Å². The number of halogens is 2. The first kappa shape index (κ1) is 16.7. The zero-order valence-electron chi connectivity index (χ0n) is 13.5. The van der Waals surface area contributed by atoms with Gasteiger partial charge in [0, 0.05) is 12.4 Å². The molecule has 0 aliphatic carbocycles. The maximum atomic E-state index is 13.3. The summed E-state index contributed by atoms with van der Waals surface area (Å²) in [6.07, 6.45) is 3.15. The molecule has 0 spiro atoms. The molecule has 9 heteroatoms. The van der Waals surface area contributed by atoms with E-state index in [-0.39, 0.29) is 12.3 Å². The Morgan fingerprint density at radius 2 is 2.08 bits per heavy atom. The maximum Gasteiger partial charge on any atom is 0.352 e. The van der Waals surface area contributed by atoms with Crippen molar-refractivity contribution in [3.8, 4) is 0 Å². The molecule has 0 radical (unpaired) electrons. The van der Waals surface area contributed by atoms with E-state index in [0.717, 1.165) is 22.4 Å². The molecule has 3 rings (SSSR count). The number of benzene rings is 1. The van der Waals surface area contributed by atoms with Crippen molar-refractivity contribution in [1.82, 2.24) is 24.5 Å². The molecule has 25 heavy (non-hydrogen) atoms. The van der Waals surface area contributed by atoms with Gasteiger partial charge in [-0.15, -0.1) is 5.10 Å². The molecule has 1 amide bonds. The predicted octanol–water partition coefficient (Wildman–Crippen LogP) is 1.36. The minimum atomic E-state index is -0.989. The van der Waals surface area contributed by atoms with Crippen LogP contribution in [0.25, 0.3) is 5.78 Å². The van der Waals surface area contributed by atoms with Gasteiger partial charge in [0.15, 0.2) is 11.6 Å². The highest BCUT2D eigenvalue weighted by Crippen LogP contribution is 2.15. The Morgan fingerprint density at radius 3 is 2.80 bits per heavy atom. The van der Waals surface area contributed by atoms with Crippen molar-refractivity contribution in [2.75, 3.05) is 0 Å². The molecule has 1 atom stereocenters. The van der Waals surface area contributed by atoms with E-state index in [9.17, 15) is 18.4 Å². The second kappa shape index (κ2) is 6.42. The number of hydrogen-bond acceptors (Lipinski definition) is 4. The summed E-state index contributed by atoms with van der Waals surface area (Å²) in [6.45, 7) is 3.10. The molecule has 1 aromatic carbocycles. The van der Waals surface area contributed by atoms with E-state index in [1.165, 1.54) is 10.5 Å². The lowest BCUT2D eigenvalue weighted by Gasteiger charge is -2.14. The highest BCUT2D eigenvalue weighted by molar-refractivity contribution is 5.76. The van der Waals surface area contributed by atoms with Crippen molar-refractivity contribution >= 4 is 11.7 Å². The van der Waals surface area contributed by atoms with E-state index in [4.69, 9.17) is 0 Å². The van der Waals surface area contributed by atoms with Crippen molar-refractivity contribution in [2.45, 2.75) is 26.4 Å². The summed E-state index contributed by atoms with van der Waals surface area (Å²) in [5.74, 6) is -2.24. The topological polar surface area (TPSA) is 81.3 Å². The summed E-state index contributed by atoms with van der Waals surface area (Å²) in [5.41, 5.74) is 0.708. The first-order valence-electron chi connectivity index (χ1n) is 7.51. The molecule has 0 saturated heterocycles. The van der Waals surface area contributed by atoms with Crippen LogP contribution in [0, 0.1) is 18.6 Å². The number of nitrogens with one attached hydrogen (secondary N) is 1. The van der Waals surface area contributed by atoms with Crippen LogP contribution in [-0.2, 0) is 11.3 Å². The van der Waals surface area contributed by atoms with Gasteiger partial charge in [0.2, 0.25) is 5.91 Å². The Balaban J connectivity index is 1.75. The van der Waals surface area contributed by atoms with Crippen molar-refractivity contribution in [1.29, 1.82) is 0 Å². The third-order valence-electron chi connectivity index (χ3n) is 3.68. The van der Waals surface area contributed by atoms with Gasteiger partial charge in [0.25, 0.3) is 5.78 Å². The standard InChI is InChI=1S/C16H15F2N5O2/c1-9-6-19-15-21-23(16(25)22(15)7-9)8-14(24)20-10(2)11-3-4-12(17)13(18)5-11/h3-7,10H,8H2,1-2H3,(H,20,24)/t10-/m0/s1. The van der Waals surface area contributed by atoms with Crippen LogP contribution in [-0.4, -0.2) is 25.1 Å². The lowest BCUT2D eigenvalue weighted by Crippen LogP contribution is -2.34. The molecule has 130 valence electrons. The molecule has 0 aliphatic heterocycles. The predicted molar refractivity (Wildman–Crippen MR) is 84.9 cm³/mol. The van der Waals surface area contributed by atoms with E-state index in [1.54, 1.807) is 26.2 Å². The van der Waals surface area contributed by atoms with Gasteiger partial charge in [0.1, 0.15) is 6.54 Å². The van der Waals surface area contributed by atoms with Gasteiger partial charge in [-0.25, -0.2) is 27.6 Å². The summed E-state index contributed by atoms with van der Waals surface area (Å²) >= 11 is 0. The molecule has 0 saturated carbocycles. The van der Waals surface area contributed by atoms with Crippen LogP contribution >= 0.6 is 0 Å². The van der Waals surface area contributed by atoms with Crippen molar-refractivity contribution < 1.29 is 13.6 Å². The minimum Gasteiger partial charge on any atom is -0.348 e. The van der Waals surface area contributed by atoms with E-state index in [1.807, 2.05) is 0 Å². The van der Waals surface area contributed by atoms with Crippen LogP contribution in [0.3, 0.4) is 0 Å². The molecule has 3 aromatic rings. The fraction of sp³-hybridized carbons (Fsp3) is 0.250. The molecule has 0 bridgehead atoms. The fourth-order valence-electron chi connectivity index (χ4n) is 2.40. The monoisotopic (exact) mass is 347 g/mol. The summed E-state index contributed by atoms with van der Waals surface area (Å²) in [4.78, 5) is 28.4. The summed E-state index contributed by atoms with van der Waals surface area (Å²) in [5, 5.41) is 6.60. The molecule has 2 heterocycles. The minimum absolute atomic E-state index is 0.192. The third-order valence-corrected chi connectivity index (χ3v) is 3.68. The van der Waals surface area contributed by atoms with Gasteiger partial charge in [-0.05, 0) is 37.1 Å². The maximum absolute atomic E-state index is 13.3. The lowest BCUT2D eigenvalue weighted by atomic mass is 10.1. The Kier molecular flexibility index (Phi) is 4.30. The van der Waals surface area contributed by atoms with Gasteiger partial charge in [0.05, 0.1) is 6.04 Å². The largest absolute Gasteiger partial charge is 0.352 e. The number of amides is 1. The molecule has 0 aliphatic rings. The second-order valence-corrected chi connectivity index (χ2v) is 5.70. The van der Waals surface area contributed by atoms with E-state index >= 15 is 0 Å². The smallest absolute Gasteiger partial charge is 0.348 e. The highest BCUT2D eigenvalue weighted by Gasteiger charge is 2.15. The second-order valence-electron chi connectivity index (χ2n) is 5.70. The Morgan fingerprint density at radius 1 is 1.32 bits per heavy atom. The molecule has 0 unspecified atom stereocenters. The molecule has 1 N–H and O–H groups in total. The third kappa shape index (κ3) is 3.39. The number of carbonyl (C=O) groups is 1. The quantitative estimate of drug-likeness (QED) is 0.773. The van der Waals surface area contributed by atoms with Gasteiger partial charge in [-0.3, -0.25) is 4.79 Å². The van der Waals surface area contributed by atoms with Crippen LogP contribution in [0.1, 0.15) is 24.1 Å². The molecule has 0 fully saturated rings. The number of rotatable bonds is 4. The van der Waals surface area contributed by atoms with E-state index in [2.05, 4.69) is 15.4 Å². The first-order valence-corrected chi connectivity index (χ1v) is 7.51. The normalized spacial score (nSPS) is 12.3. The van der Waals surface area contributed by atoms with Crippen LogP contribution in [0.5, 0.6) is 0 Å². The van der Waals surface area contributed by atoms with Crippen LogP contribution in [0.15, 0.2) is 35.4 Å². The summed E-state index contributed by atoms with van der Waals surface area (Å²) in [7, 11) is 0. The van der Waals surface area contributed by atoms with Gasteiger partial charge in [-0.1, -0.05) is 6.07 Å². The van der Waals surface area contributed by atoms with E-state index in [0.29, 0.717) is 5.56 Å². The number of nitrogens with zero attached hydrogens (tertiary/aromatic N) is 4. The molecule has 7 nitrogen and oxygen atoms in total. The Labute approximate surface area is 140 Å². The van der Waals surface area contributed by atoms with Crippen LogP contribution in [0.2, 0.25) is 0 Å². The number of hydrogen-bond donors (Lipinski definition) is 1. The molecule has 2 aromatic heterocycles. The number of fused-ring (bicyclic) bond motifs is 1. The Hall–Kier alpha value is -3.10. The number of carbonyl (C=O) groups excluding carboxylic acids is 1. The zero-order chi connectivity index (χ0) is 18.1. The molecular formula is C16H15F2N5O2. The SMILES string of the molecule is Cc1cnc2nn(CC(=O)N[C@@H](C)c3ccc(F)c(F)c3)c(=O)n2c1. The van der Waals surface area contributed by atoms with Crippen LogP contribution in [0.4, 0.5) is 8.78 Å². The van der Waals surface area contributed by atoms with Crippen molar-refractivity contribution in [3.05, 3.63) is 63.8 Å². The summed E-state index contributed by atoms with van der Waals surface area (Å²) in [6, 6.07) is 2.83. The fourth-order valence-corrected chi connectivity index (χ4v) is 2.40. The van der Waals surface area contributed by atoms with Gasteiger partial charge < -0.3 is 5.32 Å². The first-order chi connectivity index (χ1) is 11.8. The van der Waals surface area contributed by atoms with E-state index < -0.39 is 29.3 Å². The Bertz CT molecular complexity index is 1010. The average Bonchev–Trinajstić information content (AvgIpc) is 2.86. The van der Waals surface area contributed by atoms with Gasteiger partial charge >= 0.3 is 5.69 Å². The summed E-state index contributed by atoms with van der Waals surface area (Å²) < 4.78 is 28.5. The average molecular weight is 347 g/mol. The number of aromatic nitrogens is 4. The van der Waals surface area contributed by atoms with Crippen LogP contribution < -0.4 is 11.0 Å². The highest BCUT2D eigenvalue weighted by atomic mass is 19.2. The van der Waals surface area contributed by atoms with Crippen molar-refractivity contribution in [3.63, 3.8) is 0 Å². The molecular weight excluding hydrogens is 332 g/mol. The van der Waals surface area contributed by atoms with Crippen molar-refractivity contribution in [2.24, 2.45) is 0 Å². The lowest BCUT2D eigenvalue weighted by molar-refractivity contribution is -0.122.